The fourth-order valence-electron chi connectivity index (χ4n) is 5.98. The van der Waals surface area contributed by atoms with Gasteiger partial charge in [-0.1, -0.05) is 97.8 Å². The number of carbonyl (C=O) groups is 6. The number of rotatable bonds is 33. The topological polar surface area (TPSA) is 235 Å². The number of nitrogens with zero attached hydrogens (tertiary/aromatic N) is 1. The van der Waals surface area contributed by atoms with E-state index in [-0.39, 0.29) is 68.2 Å². The first-order valence-corrected chi connectivity index (χ1v) is 19.6. The third-order valence-corrected chi connectivity index (χ3v) is 8.95. The van der Waals surface area contributed by atoms with Gasteiger partial charge >= 0.3 is 0 Å². The van der Waals surface area contributed by atoms with Gasteiger partial charge in [-0.15, -0.1) is 0 Å². The number of Topliss-reactive ketones (excluding diaryl/α,β-unsaturated/α-hetero) is 2. The Balaban J connectivity index is 4.63. The molecule has 0 aromatic rings. The molecule has 0 unspecified atom stereocenters. The highest BCUT2D eigenvalue weighted by Crippen LogP contribution is 2.18. The molecule has 0 saturated heterocycles. The van der Waals surface area contributed by atoms with Crippen LogP contribution < -0.4 is 32.7 Å². The van der Waals surface area contributed by atoms with Crippen LogP contribution in [0.4, 0.5) is 0 Å². The number of hydrogen-bond donors (Lipinski definition) is 7. The Morgan fingerprint density at radius 1 is 0.673 bits per heavy atom. The van der Waals surface area contributed by atoms with Gasteiger partial charge in [0, 0.05) is 45.2 Å². The monoisotopic (exact) mass is 738 g/mol. The van der Waals surface area contributed by atoms with Gasteiger partial charge in [-0.3, -0.25) is 33.8 Å². The fourth-order valence-corrected chi connectivity index (χ4v) is 5.98. The Morgan fingerprint density at radius 2 is 1.23 bits per heavy atom. The number of guanidine groups is 1. The summed E-state index contributed by atoms with van der Waals surface area (Å²) in [6.45, 7) is 5.36. The molecule has 0 aromatic carbocycles. The minimum atomic E-state index is -1.25. The first-order chi connectivity index (χ1) is 24.8. The van der Waals surface area contributed by atoms with Crippen molar-refractivity contribution in [1.82, 2.24) is 21.3 Å². The Hall–Kier alpha value is -3.55. The third kappa shape index (κ3) is 26.3. The van der Waals surface area contributed by atoms with Crippen molar-refractivity contribution in [2.45, 2.75) is 161 Å². The number of unbranched alkanes of at least 4 members (excludes halogenated alkanes) is 12. The molecule has 0 spiro atoms. The molecule has 0 fully saturated rings. The van der Waals surface area contributed by atoms with E-state index in [2.05, 4.69) is 33.2 Å². The molecule has 14 nitrogen and oxygen atoms in total. The van der Waals surface area contributed by atoms with Crippen LogP contribution in [0.15, 0.2) is 4.99 Å². The van der Waals surface area contributed by atoms with Gasteiger partial charge < -0.3 is 37.8 Å². The maximum atomic E-state index is 13.3. The van der Waals surface area contributed by atoms with Crippen molar-refractivity contribution in [3.63, 3.8) is 0 Å². The van der Waals surface area contributed by atoms with Gasteiger partial charge in [0.15, 0.2) is 17.5 Å². The predicted octanol–water partition coefficient (Wildman–Crippen LogP) is 3.32. The molecule has 3 atom stereocenters. The summed E-state index contributed by atoms with van der Waals surface area (Å²) in [6.07, 6.45) is 16.4. The molecule has 0 aromatic heterocycles. The quantitative estimate of drug-likeness (QED) is 0.0297. The smallest absolute Gasteiger partial charge is 0.240 e. The third-order valence-electron chi connectivity index (χ3n) is 8.95. The number of aliphatic imine (C=N–C) groups is 1. The normalized spacial score (nSPS) is 12.7. The van der Waals surface area contributed by atoms with Crippen LogP contribution in [-0.2, 0) is 28.8 Å². The average molecular weight is 738 g/mol. The first kappa shape index (κ1) is 48.5. The van der Waals surface area contributed by atoms with E-state index in [1.54, 1.807) is 0 Å². The van der Waals surface area contributed by atoms with Gasteiger partial charge in [0.2, 0.25) is 23.6 Å². The Labute approximate surface area is 312 Å². The molecule has 0 radical (unpaired) electrons. The van der Waals surface area contributed by atoms with Gasteiger partial charge in [-0.05, 0) is 31.6 Å². The van der Waals surface area contributed by atoms with Crippen LogP contribution in [0.2, 0.25) is 0 Å². The number of hydrogen-bond acceptors (Lipinski definition) is 8. The lowest BCUT2D eigenvalue weighted by Crippen LogP contribution is -2.47. The molecule has 0 saturated carbocycles. The van der Waals surface area contributed by atoms with Crippen LogP contribution in [-0.4, -0.2) is 85.1 Å². The van der Waals surface area contributed by atoms with E-state index in [9.17, 15) is 33.9 Å². The Morgan fingerprint density at radius 3 is 1.75 bits per heavy atom. The minimum absolute atomic E-state index is 0.0708. The lowest BCUT2D eigenvalue weighted by Gasteiger charge is -2.22. The number of carbonyl (C=O) groups excluding carboxylic acids is 6. The molecule has 0 heterocycles. The second kappa shape index (κ2) is 31.0. The van der Waals surface area contributed by atoms with Crippen molar-refractivity contribution in [3.8, 4) is 0 Å². The summed E-state index contributed by atoms with van der Waals surface area (Å²) in [5.74, 6) is -3.10. The Bertz CT molecular complexity index is 1080. The van der Waals surface area contributed by atoms with Crippen LogP contribution in [0.3, 0.4) is 0 Å². The molecule has 0 rings (SSSR count). The highest BCUT2D eigenvalue weighted by Gasteiger charge is 2.28. The summed E-state index contributed by atoms with van der Waals surface area (Å²) >= 11 is 0. The Kier molecular flexibility index (Phi) is 28.9. The van der Waals surface area contributed by atoms with Crippen molar-refractivity contribution in [3.05, 3.63) is 0 Å². The standard InChI is InChI=1S/C38H71N7O7/c1-5-6-7-8-9-10-11-12-13-14-15-16-17-20-34(49)43-26-36(51)45-31(27-46)32(47)21-22-35(50)44-30(19-18-23-42-38(39)40)33(48)25-29(24-28(2)3)37(52)41-4/h28-31,46H,5-27H2,1-4H3,(H,41,52)(H,43,49)(H,44,50)(H,45,51)(H4,39,40,42)/t29-,30+,31+/m1/s1. The first-order valence-electron chi connectivity index (χ1n) is 19.6. The van der Waals surface area contributed by atoms with E-state index in [1.807, 2.05) is 13.8 Å². The number of aliphatic hydroxyl groups is 1. The SMILES string of the molecule is CCCCCCCCCCCCCCCC(=O)NCC(=O)N[C@@H](CO)C(=O)CCC(=O)N[C@@H](CCCN=C(N)N)C(=O)C[C@@H](CC(C)C)C(=O)NC. The summed E-state index contributed by atoms with van der Waals surface area (Å²) in [5, 5.41) is 20.0. The lowest BCUT2D eigenvalue weighted by atomic mass is 9.89. The average Bonchev–Trinajstić information content (AvgIpc) is 3.10. The maximum Gasteiger partial charge on any atom is 0.240 e. The van der Waals surface area contributed by atoms with Crippen molar-refractivity contribution in [2.75, 3.05) is 26.7 Å². The van der Waals surface area contributed by atoms with Gasteiger partial charge in [-0.25, -0.2) is 0 Å². The number of amides is 4. The largest absolute Gasteiger partial charge is 0.394 e. The molecular formula is C38H71N7O7. The number of aliphatic hydroxyl groups excluding tert-OH is 1. The number of ketones is 2. The van der Waals surface area contributed by atoms with Crippen molar-refractivity contribution >= 4 is 41.2 Å². The summed E-state index contributed by atoms with van der Waals surface area (Å²) in [4.78, 5) is 79.8. The van der Waals surface area contributed by atoms with E-state index < -0.39 is 42.2 Å². The number of nitrogens with two attached hydrogens (primary N) is 2. The molecule has 14 heteroatoms. The molecule has 52 heavy (non-hydrogen) atoms. The van der Waals surface area contributed by atoms with E-state index in [0.717, 1.165) is 25.7 Å². The zero-order valence-corrected chi connectivity index (χ0v) is 32.6. The van der Waals surface area contributed by atoms with Crippen LogP contribution >= 0.6 is 0 Å². The molecular weight excluding hydrogens is 666 g/mol. The fraction of sp³-hybridized carbons (Fsp3) is 0.816. The zero-order chi connectivity index (χ0) is 39.1. The van der Waals surface area contributed by atoms with E-state index in [0.29, 0.717) is 19.3 Å². The molecule has 0 bridgehead atoms. The zero-order valence-electron chi connectivity index (χ0n) is 32.6. The second-order valence-electron chi connectivity index (χ2n) is 14.2. The number of nitrogens with one attached hydrogen (secondary N) is 4. The molecule has 0 aliphatic rings. The molecule has 9 N–H and O–H groups in total. The molecule has 0 aliphatic heterocycles. The van der Waals surface area contributed by atoms with Gasteiger partial charge in [-0.2, -0.15) is 0 Å². The highest BCUT2D eigenvalue weighted by atomic mass is 16.3. The molecule has 4 amide bonds. The molecule has 300 valence electrons. The van der Waals surface area contributed by atoms with Crippen molar-refractivity contribution < 1.29 is 33.9 Å². The summed E-state index contributed by atoms with van der Waals surface area (Å²) in [6, 6.07) is -2.17. The van der Waals surface area contributed by atoms with Crippen LogP contribution in [0.5, 0.6) is 0 Å². The van der Waals surface area contributed by atoms with Gasteiger partial charge in [0.25, 0.3) is 0 Å². The molecule has 0 aliphatic carbocycles. The van der Waals surface area contributed by atoms with Crippen LogP contribution in [0.25, 0.3) is 0 Å². The van der Waals surface area contributed by atoms with Crippen molar-refractivity contribution in [1.29, 1.82) is 0 Å². The van der Waals surface area contributed by atoms with Crippen LogP contribution in [0.1, 0.15) is 149 Å². The van der Waals surface area contributed by atoms with E-state index >= 15 is 0 Å². The lowest BCUT2D eigenvalue weighted by molar-refractivity contribution is -0.133. The summed E-state index contributed by atoms with van der Waals surface area (Å²) in [7, 11) is 1.51. The second-order valence-corrected chi connectivity index (χ2v) is 14.2. The highest BCUT2D eigenvalue weighted by molar-refractivity contribution is 5.95. The van der Waals surface area contributed by atoms with Crippen LogP contribution in [0, 0.1) is 11.8 Å². The van der Waals surface area contributed by atoms with Gasteiger partial charge in [0.1, 0.15) is 6.04 Å². The van der Waals surface area contributed by atoms with E-state index in [1.165, 1.54) is 64.8 Å². The predicted molar refractivity (Wildman–Crippen MR) is 205 cm³/mol. The maximum absolute atomic E-state index is 13.3. The van der Waals surface area contributed by atoms with E-state index in [4.69, 9.17) is 11.5 Å². The summed E-state index contributed by atoms with van der Waals surface area (Å²) in [5.41, 5.74) is 10.8. The summed E-state index contributed by atoms with van der Waals surface area (Å²) < 4.78 is 0. The minimum Gasteiger partial charge on any atom is -0.394 e. The van der Waals surface area contributed by atoms with Gasteiger partial charge in [0.05, 0.1) is 19.2 Å². The van der Waals surface area contributed by atoms with Crippen molar-refractivity contribution in [2.24, 2.45) is 28.3 Å².